The van der Waals surface area contributed by atoms with Crippen molar-refractivity contribution < 1.29 is 5.11 Å². The number of aryl methyl sites for hydroxylation is 1. The van der Waals surface area contributed by atoms with Crippen LogP contribution in [0.2, 0.25) is 0 Å². The standard InChI is InChI=1S/C14H25N3O2/c1-4-8-16-9-7-15-13(14(16)19)17(10-11-18)12(5-2)6-3/h7,9,12,18H,4-6,8,10-11H2,1-3H3. The summed E-state index contributed by atoms with van der Waals surface area (Å²) < 4.78 is 1.69. The van der Waals surface area contributed by atoms with E-state index in [1.807, 2.05) is 11.8 Å². The van der Waals surface area contributed by atoms with Gasteiger partial charge in [0.15, 0.2) is 5.82 Å². The minimum absolute atomic E-state index is 0.0281. The van der Waals surface area contributed by atoms with E-state index in [1.54, 1.807) is 17.0 Å². The zero-order chi connectivity index (χ0) is 14.3. The number of aromatic nitrogens is 2. The fourth-order valence-corrected chi connectivity index (χ4v) is 2.35. The van der Waals surface area contributed by atoms with E-state index in [-0.39, 0.29) is 18.2 Å². The lowest BCUT2D eigenvalue weighted by atomic mass is 10.1. The summed E-state index contributed by atoms with van der Waals surface area (Å²) in [5.74, 6) is 0.457. The van der Waals surface area contributed by atoms with Gasteiger partial charge in [0.05, 0.1) is 6.61 Å². The fourth-order valence-electron chi connectivity index (χ4n) is 2.35. The highest BCUT2D eigenvalue weighted by atomic mass is 16.3. The molecule has 0 saturated carbocycles. The molecule has 0 fully saturated rings. The maximum absolute atomic E-state index is 12.4. The van der Waals surface area contributed by atoms with E-state index in [9.17, 15) is 9.90 Å². The summed E-state index contributed by atoms with van der Waals surface area (Å²) in [6.45, 7) is 7.40. The molecule has 0 aromatic carbocycles. The summed E-state index contributed by atoms with van der Waals surface area (Å²) in [5.41, 5.74) is -0.0651. The summed E-state index contributed by atoms with van der Waals surface area (Å²) in [7, 11) is 0. The lowest BCUT2D eigenvalue weighted by Gasteiger charge is -2.30. The molecule has 0 bridgehead atoms. The van der Waals surface area contributed by atoms with E-state index in [2.05, 4.69) is 18.8 Å². The van der Waals surface area contributed by atoms with Crippen LogP contribution in [0.4, 0.5) is 5.82 Å². The molecule has 0 amide bonds. The zero-order valence-corrected chi connectivity index (χ0v) is 12.2. The maximum Gasteiger partial charge on any atom is 0.293 e. The first-order valence-electron chi connectivity index (χ1n) is 7.12. The predicted octanol–water partition coefficient (Wildman–Crippen LogP) is 1.64. The molecule has 0 aliphatic carbocycles. The van der Waals surface area contributed by atoms with Gasteiger partial charge >= 0.3 is 0 Å². The largest absolute Gasteiger partial charge is 0.395 e. The average molecular weight is 267 g/mol. The molecule has 0 radical (unpaired) electrons. The first-order valence-corrected chi connectivity index (χ1v) is 7.12. The minimum atomic E-state index is -0.0651. The summed E-state index contributed by atoms with van der Waals surface area (Å²) in [6.07, 6.45) is 6.16. The smallest absolute Gasteiger partial charge is 0.293 e. The van der Waals surface area contributed by atoms with Gasteiger partial charge in [0.1, 0.15) is 0 Å². The van der Waals surface area contributed by atoms with Crippen LogP contribution in [0, 0.1) is 0 Å². The van der Waals surface area contributed by atoms with Gasteiger partial charge in [0, 0.05) is 31.5 Å². The predicted molar refractivity (Wildman–Crippen MR) is 77.6 cm³/mol. The summed E-state index contributed by atoms with van der Waals surface area (Å²) in [6, 6.07) is 0.241. The van der Waals surface area contributed by atoms with Gasteiger partial charge in [-0.05, 0) is 19.3 Å². The van der Waals surface area contributed by atoms with E-state index >= 15 is 0 Å². The highest BCUT2D eigenvalue weighted by Crippen LogP contribution is 2.14. The summed E-state index contributed by atoms with van der Waals surface area (Å²) in [4.78, 5) is 18.6. The molecule has 1 rings (SSSR count). The number of nitrogens with zero attached hydrogens (tertiary/aromatic N) is 3. The zero-order valence-electron chi connectivity index (χ0n) is 12.2. The molecule has 1 N–H and O–H groups in total. The van der Waals surface area contributed by atoms with Gasteiger partial charge in [0.2, 0.25) is 0 Å². The van der Waals surface area contributed by atoms with Gasteiger partial charge in [-0.25, -0.2) is 4.98 Å². The molecule has 0 saturated heterocycles. The lowest BCUT2D eigenvalue weighted by Crippen LogP contribution is -2.42. The summed E-state index contributed by atoms with van der Waals surface area (Å²) in [5, 5.41) is 9.22. The van der Waals surface area contributed by atoms with Crippen molar-refractivity contribution in [2.24, 2.45) is 0 Å². The molecule has 5 heteroatoms. The SMILES string of the molecule is CCCn1ccnc(N(CCO)C(CC)CC)c1=O. The second-order valence-corrected chi connectivity index (χ2v) is 4.64. The maximum atomic E-state index is 12.4. The number of aliphatic hydroxyl groups excluding tert-OH is 1. The Morgan fingerprint density at radius 3 is 2.58 bits per heavy atom. The van der Waals surface area contributed by atoms with Gasteiger partial charge in [-0.3, -0.25) is 4.79 Å². The quantitative estimate of drug-likeness (QED) is 0.778. The minimum Gasteiger partial charge on any atom is -0.395 e. The number of hydrogen-bond acceptors (Lipinski definition) is 4. The van der Waals surface area contributed by atoms with E-state index in [4.69, 9.17) is 0 Å². The number of aliphatic hydroxyl groups is 1. The Kier molecular flexibility index (Phi) is 6.56. The van der Waals surface area contributed by atoms with Crippen LogP contribution < -0.4 is 10.5 Å². The Balaban J connectivity index is 3.15. The van der Waals surface area contributed by atoms with Crippen LogP contribution in [0.3, 0.4) is 0 Å². The molecule has 1 aromatic rings. The molecule has 0 unspecified atom stereocenters. The van der Waals surface area contributed by atoms with Crippen molar-refractivity contribution in [2.75, 3.05) is 18.1 Å². The second-order valence-electron chi connectivity index (χ2n) is 4.64. The first-order chi connectivity index (χ1) is 9.19. The third kappa shape index (κ3) is 3.80. The molecule has 108 valence electrons. The van der Waals surface area contributed by atoms with Crippen LogP contribution in [0.15, 0.2) is 17.2 Å². The van der Waals surface area contributed by atoms with E-state index < -0.39 is 0 Å². The molecular weight excluding hydrogens is 242 g/mol. The Hall–Kier alpha value is -1.36. The van der Waals surface area contributed by atoms with Crippen LogP contribution in [-0.4, -0.2) is 33.9 Å². The van der Waals surface area contributed by atoms with Crippen LogP contribution in [0.5, 0.6) is 0 Å². The van der Waals surface area contributed by atoms with E-state index in [1.165, 1.54) is 0 Å². The first kappa shape index (κ1) is 15.7. The second kappa shape index (κ2) is 7.94. The topological polar surface area (TPSA) is 58.4 Å². The molecule has 5 nitrogen and oxygen atoms in total. The van der Waals surface area contributed by atoms with Crippen molar-refractivity contribution in [3.63, 3.8) is 0 Å². The van der Waals surface area contributed by atoms with Gasteiger partial charge in [-0.15, -0.1) is 0 Å². The Bertz CT molecular complexity index is 427. The van der Waals surface area contributed by atoms with Crippen LogP contribution in [0.1, 0.15) is 40.0 Å². The number of anilines is 1. The van der Waals surface area contributed by atoms with Gasteiger partial charge in [0.25, 0.3) is 5.56 Å². The Morgan fingerprint density at radius 1 is 1.37 bits per heavy atom. The monoisotopic (exact) mass is 267 g/mol. The van der Waals surface area contributed by atoms with Crippen molar-refractivity contribution in [3.8, 4) is 0 Å². The number of hydrogen-bond donors (Lipinski definition) is 1. The Morgan fingerprint density at radius 2 is 2.05 bits per heavy atom. The lowest BCUT2D eigenvalue weighted by molar-refractivity contribution is 0.295. The van der Waals surface area contributed by atoms with Gasteiger partial charge < -0.3 is 14.6 Å². The number of rotatable bonds is 8. The van der Waals surface area contributed by atoms with Crippen LogP contribution in [-0.2, 0) is 6.54 Å². The highest BCUT2D eigenvalue weighted by molar-refractivity contribution is 5.37. The fraction of sp³-hybridized carbons (Fsp3) is 0.714. The van der Waals surface area contributed by atoms with E-state index in [0.717, 1.165) is 19.3 Å². The van der Waals surface area contributed by atoms with Gasteiger partial charge in [-0.2, -0.15) is 0 Å². The molecular formula is C14H25N3O2. The van der Waals surface area contributed by atoms with Crippen molar-refractivity contribution in [1.82, 2.24) is 9.55 Å². The van der Waals surface area contributed by atoms with Gasteiger partial charge in [-0.1, -0.05) is 20.8 Å². The van der Waals surface area contributed by atoms with Crippen molar-refractivity contribution in [1.29, 1.82) is 0 Å². The molecule has 0 aliphatic rings. The molecule has 1 aromatic heterocycles. The van der Waals surface area contributed by atoms with Crippen molar-refractivity contribution in [3.05, 3.63) is 22.7 Å². The molecule has 0 spiro atoms. The normalized spacial score (nSPS) is 11.0. The van der Waals surface area contributed by atoms with Crippen molar-refractivity contribution >= 4 is 5.82 Å². The van der Waals surface area contributed by atoms with Crippen LogP contribution in [0.25, 0.3) is 0 Å². The molecule has 0 atom stereocenters. The molecule has 1 heterocycles. The highest BCUT2D eigenvalue weighted by Gasteiger charge is 2.19. The third-order valence-corrected chi connectivity index (χ3v) is 3.36. The molecule has 19 heavy (non-hydrogen) atoms. The molecule has 0 aliphatic heterocycles. The van der Waals surface area contributed by atoms with E-state index in [0.29, 0.717) is 18.9 Å². The Labute approximate surface area is 114 Å². The van der Waals surface area contributed by atoms with Crippen molar-refractivity contribution in [2.45, 2.75) is 52.6 Å². The average Bonchev–Trinajstić information content (AvgIpc) is 2.42. The summed E-state index contributed by atoms with van der Waals surface area (Å²) >= 11 is 0. The third-order valence-electron chi connectivity index (χ3n) is 3.36. The van der Waals surface area contributed by atoms with Crippen LogP contribution >= 0.6 is 0 Å².